The Morgan fingerprint density at radius 3 is 1.82 bits per heavy atom. The van der Waals surface area contributed by atoms with E-state index in [0.29, 0.717) is 17.5 Å². The van der Waals surface area contributed by atoms with Crippen molar-refractivity contribution in [3.63, 3.8) is 0 Å². The van der Waals surface area contributed by atoms with Crippen LogP contribution in [0.1, 0.15) is 27.7 Å². The molecule has 0 amide bonds. The van der Waals surface area contributed by atoms with E-state index in [1.165, 1.54) is 10.1 Å². The molecule has 6 aromatic rings. The van der Waals surface area contributed by atoms with Gasteiger partial charge in [-0.2, -0.15) is 0 Å². The number of rotatable bonds is 7. The quantitative estimate of drug-likeness (QED) is 0.219. The van der Waals surface area contributed by atoms with Crippen LogP contribution >= 0.6 is 11.3 Å². The lowest BCUT2D eigenvalue weighted by Crippen LogP contribution is -2.49. The Morgan fingerprint density at radius 2 is 1.23 bits per heavy atom. The molecule has 0 aliphatic heterocycles. The largest absolute Gasteiger partial charge is 0.427 e. The van der Waals surface area contributed by atoms with Crippen molar-refractivity contribution in [2.75, 3.05) is 0 Å². The number of hydrogen-bond acceptors (Lipinski definition) is 6. The molecule has 1 N–H and O–H groups in total. The summed E-state index contributed by atoms with van der Waals surface area (Å²) >= 11 is 1.73. The van der Waals surface area contributed by atoms with Gasteiger partial charge >= 0.3 is 7.48 Å². The molecule has 197 valence electrons. The van der Waals surface area contributed by atoms with Gasteiger partial charge in [0, 0.05) is 36.9 Å². The molecule has 0 aliphatic rings. The van der Waals surface area contributed by atoms with Gasteiger partial charge in [0.25, 0.3) is 0 Å². The summed E-state index contributed by atoms with van der Waals surface area (Å²) in [6.07, 6.45) is 0. The van der Waals surface area contributed by atoms with E-state index in [9.17, 15) is 5.11 Å². The zero-order valence-electron chi connectivity index (χ0n) is 22.9. The van der Waals surface area contributed by atoms with Crippen LogP contribution < -0.4 is 5.46 Å². The summed E-state index contributed by atoms with van der Waals surface area (Å²) < 4.78 is 8.46. The maximum Gasteiger partial charge on any atom is 0.330 e. The van der Waals surface area contributed by atoms with Crippen molar-refractivity contribution in [3.05, 3.63) is 97.1 Å². The second-order valence-corrected chi connectivity index (χ2v) is 11.9. The lowest BCUT2D eigenvalue weighted by atomic mass is 9.81. The standard InChI is InChI=1S/C33H29BN3O2S/c1-32(2,38)33(3,4)39-34-23-19-25-24-17-11-12-18-27(24)40-28(25)26(20-23)31-36-29(21-13-7-5-8-14-21)35-30(37-31)22-15-9-6-10-16-22/h5-20,38H,1-4H3. The van der Waals surface area contributed by atoms with Crippen LogP contribution in [-0.2, 0) is 4.65 Å². The van der Waals surface area contributed by atoms with Gasteiger partial charge in [-0.05, 0) is 33.8 Å². The number of benzene rings is 4. The third-order valence-electron chi connectivity index (χ3n) is 7.40. The Hall–Kier alpha value is -3.91. The molecule has 0 aliphatic carbocycles. The molecule has 6 rings (SSSR count). The lowest BCUT2D eigenvalue weighted by Gasteiger charge is -2.37. The lowest BCUT2D eigenvalue weighted by molar-refractivity contribution is -0.0893. The maximum absolute atomic E-state index is 10.6. The zero-order chi connectivity index (χ0) is 27.9. The second-order valence-electron chi connectivity index (χ2n) is 10.9. The first-order chi connectivity index (χ1) is 19.2. The summed E-state index contributed by atoms with van der Waals surface area (Å²) in [6.45, 7) is 7.27. The molecule has 2 aromatic heterocycles. The average Bonchev–Trinajstić information content (AvgIpc) is 3.34. The van der Waals surface area contributed by atoms with Crippen LogP contribution in [0.3, 0.4) is 0 Å². The van der Waals surface area contributed by atoms with Gasteiger partial charge in [0.05, 0.1) is 11.2 Å². The van der Waals surface area contributed by atoms with Gasteiger partial charge in [-0.25, -0.2) is 15.0 Å². The summed E-state index contributed by atoms with van der Waals surface area (Å²) in [6, 6.07) is 32.6. The first kappa shape index (κ1) is 26.3. The fourth-order valence-electron chi connectivity index (χ4n) is 4.37. The summed E-state index contributed by atoms with van der Waals surface area (Å²) in [5.41, 5.74) is 1.79. The number of aromatic nitrogens is 3. The third kappa shape index (κ3) is 5.04. The van der Waals surface area contributed by atoms with Crippen LogP contribution in [0.15, 0.2) is 97.1 Å². The van der Waals surface area contributed by atoms with Crippen LogP contribution in [0.2, 0.25) is 0 Å². The Labute approximate surface area is 238 Å². The van der Waals surface area contributed by atoms with E-state index in [1.54, 1.807) is 32.7 Å². The Kier molecular flexibility index (Phi) is 6.74. The van der Waals surface area contributed by atoms with Crippen LogP contribution in [0.4, 0.5) is 0 Å². The molecule has 1 radical (unpaired) electrons. The van der Waals surface area contributed by atoms with Crippen LogP contribution in [-0.4, -0.2) is 38.7 Å². The van der Waals surface area contributed by atoms with Gasteiger partial charge < -0.3 is 9.76 Å². The number of fused-ring (bicyclic) bond motifs is 3. The molecule has 0 unspecified atom stereocenters. The van der Waals surface area contributed by atoms with Crippen molar-refractivity contribution in [1.29, 1.82) is 0 Å². The molecular weight excluding hydrogens is 513 g/mol. The van der Waals surface area contributed by atoms with Crippen molar-refractivity contribution in [2.45, 2.75) is 38.9 Å². The van der Waals surface area contributed by atoms with Crippen LogP contribution in [0, 0.1) is 0 Å². The first-order valence-corrected chi connectivity index (χ1v) is 14.1. The smallest absolute Gasteiger partial charge is 0.330 e. The topological polar surface area (TPSA) is 68.1 Å². The van der Waals surface area contributed by atoms with Gasteiger partial charge in [-0.3, -0.25) is 0 Å². The summed E-state index contributed by atoms with van der Waals surface area (Å²) in [5, 5.41) is 12.9. The minimum absolute atomic E-state index is 0.598. The van der Waals surface area contributed by atoms with Crippen molar-refractivity contribution >= 4 is 44.5 Å². The van der Waals surface area contributed by atoms with Crippen molar-refractivity contribution in [1.82, 2.24) is 15.0 Å². The number of hydrogen-bond donors (Lipinski definition) is 1. The summed E-state index contributed by atoms with van der Waals surface area (Å²) in [5.74, 6) is 1.83. The fraction of sp³-hybridized carbons (Fsp3) is 0.182. The van der Waals surface area contributed by atoms with Gasteiger partial charge in [0.1, 0.15) is 0 Å². The minimum atomic E-state index is -1.03. The molecule has 40 heavy (non-hydrogen) atoms. The molecular formula is C33H29BN3O2S. The molecule has 0 spiro atoms. The molecule has 0 saturated heterocycles. The van der Waals surface area contributed by atoms with Gasteiger partial charge in [0.15, 0.2) is 17.5 Å². The van der Waals surface area contributed by atoms with Crippen LogP contribution in [0.5, 0.6) is 0 Å². The monoisotopic (exact) mass is 542 g/mol. The number of nitrogens with zero attached hydrogens (tertiary/aromatic N) is 3. The van der Waals surface area contributed by atoms with Crippen molar-refractivity contribution < 1.29 is 9.76 Å². The second kappa shape index (κ2) is 10.2. The summed E-state index contributed by atoms with van der Waals surface area (Å²) in [4.78, 5) is 14.9. The predicted molar refractivity (Wildman–Crippen MR) is 166 cm³/mol. The molecule has 7 heteroatoms. The van der Waals surface area contributed by atoms with Gasteiger partial charge in [-0.1, -0.05) is 96.5 Å². The number of thiophene rings is 1. The van der Waals surface area contributed by atoms with E-state index in [-0.39, 0.29) is 0 Å². The zero-order valence-corrected chi connectivity index (χ0v) is 23.7. The average molecular weight is 542 g/mol. The maximum atomic E-state index is 10.6. The van der Waals surface area contributed by atoms with E-state index in [1.807, 2.05) is 74.5 Å². The molecule has 0 bridgehead atoms. The molecule has 2 heterocycles. The Bertz CT molecular complexity index is 1760. The third-order valence-corrected chi connectivity index (χ3v) is 8.62. The van der Waals surface area contributed by atoms with Crippen molar-refractivity contribution in [2.24, 2.45) is 0 Å². The van der Waals surface area contributed by atoms with Gasteiger partial charge in [-0.15, -0.1) is 11.3 Å². The highest BCUT2D eigenvalue weighted by molar-refractivity contribution is 7.26. The first-order valence-electron chi connectivity index (χ1n) is 13.3. The molecule has 0 fully saturated rings. The summed E-state index contributed by atoms with van der Waals surface area (Å²) in [7, 11) is 1.73. The number of aliphatic hydroxyl groups is 1. The molecule has 4 aromatic carbocycles. The van der Waals surface area contributed by atoms with E-state index >= 15 is 0 Å². The molecule has 0 saturated carbocycles. The van der Waals surface area contributed by atoms with Crippen LogP contribution in [0.25, 0.3) is 54.3 Å². The fourth-order valence-corrected chi connectivity index (χ4v) is 5.57. The normalized spacial score (nSPS) is 12.2. The Balaban J connectivity index is 1.57. The predicted octanol–water partition coefficient (Wildman–Crippen LogP) is 7.05. The Morgan fingerprint density at radius 1 is 0.675 bits per heavy atom. The highest BCUT2D eigenvalue weighted by Gasteiger charge is 2.35. The van der Waals surface area contributed by atoms with E-state index < -0.39 is 11.2 Å². The van der Waals surface area contributed by atoms with E-state index in [4.69, 9.17) is 19.6 Å². The van der Waals surface area contributed by atoms with E-state index in [0.717, 1.165) is 32.2 Å². The highest BCUT2D eigenvalue weighted by Crippen LogP contribution is 2.39. The highest BCUT2D eigenvalue weighted by atomic mass is 32.1. The molecule has 0 atom stereocenters. The molecule has 5 nitrogen and oxygen atoms in total. The van der Waals surface area contributed by atoms with E-state index in [2.05, 4.69) is 36.4 Å². The van der Waals surface area contributed by atoms with Gasteiger partial charge in [0.2, 0.25) is 0 Å². The minimum Gasteiger partial charge on any atom is -0.427 e. The van der Waals surface area contributed by atoms with Crippen molar-refractivity contribution in [3.8, 4) is 34.2 Å². The SMILES string of the molecule is CC(C)(O)C(C)(C)O[B]c1cc(-c2nc(-c3ccccc3)nc(-c3ccccc3)n2)c2sc3ccccc3c2c1.